The maximum atomic E-state index is 11.0. The fourth-order valence-electron chi connectivity index (χ4n) is 1.88. The van der Waals surface area contributed by atoms with Crippen LogP contribution in [0.3, 0.4) is 0 Å². The first-order valence-electron chi connectivity index (χ1n) is 7.28. The molecule has 1 unspecified atom stereocenters. The second kappa shape index (κ2) is 10.1. The van der Waals surface area contributed by atoms with Gasteiger partial charge in [-0.3, -0.25) is 0 Å². The van der Waals surface area contributed by atoms with Gasteiger partial charge in [0.15, 0.2) is 0 Å². The summed E-state index contributed by atoms with van der Waals surface area (Å²) in [4.78, 5) is 11.0. The van der Waals surface area contributed by atoms with Gasteiger partial charge in [-0.05, 0) is 37.5 Å². The highest BCUT2D eigenvalue weighted by Crippen LogP contribution is 2.28. The zero-order valence-electron chi connectivity index (χ0n) is 13.9. The van der Waals surface area contributed by atoms with E-state index in [1.54, 1.807) is 0 Å². The van der Waals surface area contributed by atoms with Gasteiger partial charge in [0.1, 0.15) is 0 Å². The Balaban J connectivity index is 3.96. The van der Waals surface area contributed by atoms with E-state index in [2.05, 4.69) is 37.8 Å². The van der Waals surface area contributed by atoms with Crippen molar-refractivity contribution in [3.05, 3.63) is 23.8 Å². The van der Waals surface area contributed by atoms with Crippen LogP contribution in [-0.4, -0.2) is 24.1 Å². The Morgan fingerprint density at radius 3 is 2.60 bits per heavy atom. The van der Waals surface area contributed by atoms with Crippen LogP contribution in [0.5, 0.6) is 0 Å². The van der Waals surface area contributed by atoms with Crippen molar-refractivity contribution in [1.29, 1.82) is 0 Å². The standard InChI is InChI=1S/C17H30O2S/c1-14(11-8-12-17(3,4)20-6)9-7-10-15(2)13-16(18)19-5/h7,10,13-14H,8-9,11-12H2,1-6H3/b10-7+,15-13?. The predicted octanol–water partition coefficient (Wildman–Crippen LogP) is 5.00. The monoisotopic (exact) mass is 298 g/mol. The summed E-state index contributed by atoms with van der Waals surface area (Å²) in [5, 5.41) is 0. The Morgan fingerprint density at radius 1 is 1.40 bits per heavy atom. The van der Waals surface area contributed by atoms with Gasteiger partial charge in [0.25, 0.3) is 0 Å². The first kappa shape index (κ1) is 19.3. The van der Waals surface area contributed by atoms with Crippen LogP contribution in [-0.2, 0) is 9.53 Å². The quantitative estimate of drug-likeness (QED) is 0.340. The van der Waals surface area contributed by atoms with Crippen LogP contribution in [0.15, 0.2) is 23.8 Å². The lowest BCUT2D eigenvalue weighted by molar-refractivity contribution is -0.134. The van der Waals surface area contributed by atoms with Gasteiger partial charge < -0.3 is 4.74 Å². The van der Waals surface area contributed by atoms with Crippen molar-refractivity contribution in [2.75, 3.05) is 13.4 Å². The molecule has 0 amide bonds. The third-order valence-electron chi connectivity index (χ3n) is 3.49. The lowest BCUT2D eigenvalue weighted by Crippen LogP contribution is -2.13. The smallest absolute Gasteiger partial charge is 0.330 e. The number of carbonyl (C=O) groups is 1. The molecule has 20 heavy (non-hydrogen) atoms. The fraction of sp³-hybridized carbons (Fsp3) is 0.706. The lowest BCUT2D eigenvalue weighted by atomic mass is 9.96. The van der Waals surface area contributed by atoms with Crippen molar-refractivity contribution in [3.63, 3.8) is 0 Å². The minimum Gasteiger partial charge on any atom is -0.466 e. The zero-order valence-corrected chi connectivity index (χ0v) is 14.7. The van der Waals surface area contributed by atoms with Crippen LogP contribution in [0.2, 0.25) is 0 Å². The highest BCUT2D eigenvalue weighted by atomic mass is 32.2. The second-order valence-electron chi connectivity index (χ2n) is 6.01. The molecule has 0 spiro atoms. The van der Waals surface area contributed by atoms with Gasteiger partial charge in [-0.15, -0.1) is 0 Å². The fourth-order valence-corrected chi connectivity index (χ4v) is 2.22. The summed E-state index contributed by atoms with van der Waals surface area (Å²) in [5.41, 5.74) is 0.938. The molecule has 1 atom stereocenters. The number of rotatable bonds is 9. The SMILES string of the molecule is COC(=O)C=C(C)/C=C/CC(C)CCCC(C)(C)SC. The molecule has 0 aliphatic rings. The van der Waals surface area contributed by atoms with E-state index in [1.165, 1.54) is 32.4 Å². The molecule has 0 aromatic heterocycles. The van der Waals surface area contributed by atoms with Crippen molar-refractivity contribution >= 4 is 17.7 Å². The first-order chi connectivity index (χ1) is 9.30. The van der Waals surface area contributed by atoms with Gasteiger partial charge in [-0.2, -0.15) is 11.8 Å². The summed E-state index contributed by atoms with van der Waals surface area (Å²) in [6, 6.07) is 0. The molecule has 2 nitrogen and oxygen atoms in total. The third kappa shape index (κ3) is 10.1. The van der Waals surface area contributed by atoms with E-state index in [-0.39, 0.29) is 5.97 Å². The van der Waals surface area contributed by atoms with Crippen molar-refractivity contribution in [3.8, 4) is 0 Å². The van der Waals surface area contributed by atoms with Crippen LogP contribution in [0.25, 0.3) is 0 Å². The van der Waals surface area contributed by atoms with E-state index in [1.807, 2.05) is 24.8 Å². The van der Waals surface area contributed by atoms with Crippen molar-refractivity contribution < 1.29 is 9.53 Å². The number of carbonyl (C=O) groups excluding carboxylic acids is 1. The molecule has 0 fully saturated rings. The predicted molar refractivity (Wildman–Crippen MR) is 90.1 cm³/mol. The summed E-state index contributed by atoms with van der Waals surface area (Å²) in [5.74, 6) is 0.398. The Labute approximate surface area is 129 Å². The Hall–Kier alpha value is -0.700. The molecule has 3 heteroatoms. The number of ether oxygens (including phenoxy) is 1. The molecule has 0 aromatic carbocycles. The van der Waals surface area contributed by atoms with Gasteiger partial charge in [0.05, 0.1) is 7.11 Å². The molecule has 0 saturated carbocycles. The molecule has 0 bridgehead atoms. The van der Waals surface area contributed by atoms with E-state index < -0.39 is 0 Å². The van der Waals surface area contributed by atoms with Gasteiger partial charge in [-0.25, -0.2) is 4.79 Å². The molecule has 0 heterocycles. The summed E-state index contributed by atoms with van der Waals surface area (Å²) >= 11 is 1.94. The van der Waals surface area contributed by atoms with E-state index in [9.17, 15) is 4.79 Å². The van der Waals surface area contributed by atoms with Gasteiger partial charge in [0, 0.05) is 10.8 Å². The molecule has 0 rings (SSSR count). The molecular weight excluding hydrogens is 268 g/mol. The molecule has 0 radical (unpaired) electrons. The minimum absolute atomic E-state index is 0.292. The average Bonchev–Trinajstić information content (AvgIpc) is 2.38. The summed E-state index contributed by atoms with van der Waals surface area (Å²) in [6.45, 7) is 8.82. The van der Waals surface area contributed by atoms with E-state index in [0.29, 0.717) is 10.7 Å². The van der Waals surface area contributed by atoms with Crippen LogP contribution in [0.1, 0.15) is 53.4 Å². The highest BCUT2D eigenvalue weighted by Gasteiger charge is 2.15. The molecule has 116 valence electrons. The summed E-state index contributed by atoms with van der Waals surface area (Å²) < 4.78 is 4.99. The summed E-state index contributed by atoms with van der Waals surface area (Å²) in [7, 11) is 1.40. The Morgan fingerprint density at radius 2 is 2.05 bits per heavy atom. The second-order valence-corrected chi connectivity index (χ2v) is 7.52. The number of hydrogen-bond acceptors (Lipinski definition) is 3. The van der Waals surface area contributed by atoms with Crippen LogP contribution < -0.4 is 0 Å². The number of allylic oxidation sites excluding steroid dienone is 3. The van der Waals surface area contributed by atoms with Gasteiger partial charge >= 0.3 is 5.97 Å². The van der Waals surface area contributed by atoms with Crippen LogP contribution in [0, 0.1) is 5.92 Å². The summed E-state index contributed by atoms with van der Waals surface area (Å²) in [6.07, 6.45) is 12.7. The topological polar surface area (TPSA) is 26.3 Å². The van der Waals surface area contributed by atoms with Crippen LogP contribution in [0.4, 0.5) is 0 Å². The third-order valence-corrected chi connectivity index (χ3v) is 4.80. The Bertz CT molecular complexity index is 343. The average molecular weight is 298 g/mol. The van der Waals surface area contributed by atoms with Crippen molar-refractivity contribution in [2.45, 2.75) is 58.1 Å². The van der Waals surface area contributed by atoms with Crippen LogP contribution >= 0.6 is 11.8 Å². The van der Waals surface area contributed by atoms with E-state index in [4.69, 9.17) is 0 Å². The van der Waals surface area contributed by atoms with Crippen molar-refractivity contribution in [1.82, 2.24) is 0 Å². The maximum Gasteiger partial charge on any atom is 0.330 e. The van der Waals surface area contributed by atoms with Crippen molar-refractivity contribution in [2.24, 2.45) is 5.92 Å². The normalized spacial score (nSPS) is 14.6. The Kier molecular flexibility index (Phi) is 9.74. The zero-order chi connectivity index (χ0) is 15.6. The number of esters is 1. The molecule has 0 aliphatic heterocycles. The number of methoxy groups -OCH3 is 1. The first-order valence-corrected chi connectivity index (χ1v) is 8.51. The molecule has 0 saturated heterocycles. The van der Waals surface area contributed by atoms with E-state index >= 15 is 0 Å². The number of hydrogen-bond donors (Lipinski definition) is 0. The number of thioether (sulfide) groups is 1. The van der Waals surface area contributed by atoms with Gasteiger partial charge in [-0.1, -0.05) is 45.8 Å². The largest absolute Gasteiger partial charge is 0.466 e. The minimum atomic E-state index is -0.292. The maximum absolute atomic E-state index is 11.0. The molecule has 0 N–H and O–H groups in total. The lowest BCUT2D eigenvalue weighted by Gasteiger charge is -2.22. The molecule has 0 aliphatic carbocycles. The molecule has 0 aromatic rings. The molecular formula is C17H30O2S. The highest BCUT2D eigenvalue weighted by molar-refractivity contribution is 7.99. The van der Waals surface area contributed by atoms with Gasteiger partial charge in [0.2, 0.25) is 0 Å². The van der Waals surface area contributed by atoms with E-state index in [0.717, 1.165) is 12.0 Å².